The van der Waals surface area contributed by atoms with Gasteiger partial charge in [-0.15, -0.1) is 0 Å². The molecule has 1 unspecified atom stereocenters. The molecule has 0 radical (unpaired) electrons. The van der Waals surface area contributed by atoms with Crippen LogP contribution in [0, 0.1) is 27.4 Å². The summed E-state index contributed by atoms with van der Waals surface area (Å²) in [5.41, 5.74) is 6.08. The standard InChI is InChI=1S/C24H25N5O5S/c25-14-16-5-6-18-9-12-24(30)28(22(18)13-16)15-20(17-7-10-19(26)11-8-17)27-35(33,34)23-4-2-1-3-21(23)29(31)32/h1-6,9,12-13,17,19-20,27H,7-8,10-11,15,26H2. The Kier molecular flexibility index (Phi) is 6.98. The van der Waals surface area contributed by atoms with Gasteiger partial charge < -0.3 is 10.3 Å². The minimum absolute atomic E-state index is 0.00478. The Morgan fingerprint density at radius 2 is 1.83 bits per heavy atom. The first-order valence-electron chi connectivity index (χ1n) is 11.2. The van der Waals surface area contributed by atoms with Gasteiger partial charge >= 0.3 is 0 Å². The molecule has 1 atom stereocenters. The van der Waals surface area contributed by atoms with E-state index in [1.54, 1.807) is 24.3 Å². The molecule has 1 aromatic heterocycles. The van der Waals surface area contributed by atoms with E-state index in [1.807, 2.05) is 0 Å². The van der Waals surface area contributed by atoms with E-state index in [9.17, 15) is 28.6 Å². The number of hydrogen-bond donors (Lipinski definition) is 2. The third-order valence-corrected chi connectivity index (χ3v) is 8.08. The molecule has 1 heterocycles. The van der Waals surface area contributed by atoms with Crippen molar-refractivity contribution < 1.29 is 13.3 Å². The van der Waals surface area contributed by atoms with E-state index in [-0.39, 0.29) is 24.1 Å². The number of nitrogens with two attached hydrogens (primary N) is 1. The lowest BCUT2D eigenvalue weighted by Gasteiger charge is -2.33. The highest BCUT2D eigenvalue weighted by molar-refractivity contribution is 7.89. The van der Waals surface area contributed by atoms with Gasteiger partial charge in [-0.1, -0.05) is 18.2 Å². The molecule has 1 aliphatic rings. The van der Waals surface area contributed by atoms with Crippen molar-refractivity contribution in [3.05, 3.63) is 80.6 Å². The monoisotopic (exact) mass is 495 g/mol. The molecule has 0 spiro atoms. The minimum atomic E-state index is -4.29. The van der Waals surface area contributed by atoms with E-state index < -0.39 is 31.6 Å². The van der Waals surface area contributed by atoms with Crippen molar-refractivity contribution in [3.8, 4) is 6.07 Å². The second-order valence-corrected chi connectivity index (χ2v) is 10.5. The molecule has 1 fully saturated rings. The fourth-order valence-corrected chi connectivity index (χ4v) is 6.14. The molecule has 2 aromatic carbocycles. The number of nitro groups is 1. The number of nitro benzene ring substituents is 1. The lowest BCUT2D eigenvalue weighted by molar-refractivity contribution is -0.387. The second-order valence-electron chi connectivity index (χ2n) is 8.80. The van der Waals surface area contributed by atoms with Crippen molar-refractivity contribution in [1.82, 2.24) is 9.29 Å². The molecular formula is C24H25N5O5S. The molecule has 35 heavy (non-hydrogen) atoms. The zero-order valence-electron chi connectivity index (χ0n) is 18.8. The van der Waals surface area contributed by atoms with Crippen molar-refractivity contribution in [2.24, 2.45) is 11.7 Å². The third kappa shape index (κ3) is 5.24. The van der Waals surface area contributed by atoms with E-state index in [4.69, 9.17) is 5.73 Å². The van der Waals surface area contributed by atoms with Crippen molar-refractivity contribution in [2.45, 2.75) is 49.2 Å². The normalized spacial score (nSPS) is 19.2. The molecule has 1 saturated carbocycles. The Balaban J connectivity index is 1.77. The van der Waals surface area contributed by atoms with Gasteiger partial charge in [-0.3, -0.25) is 14.9 Å². The zero-order chi connectivity index (χ0) is 25.2. The van der Waals surface area contributed by atoms with Gasteiger partial charge in [0, 0.05) is 30.8 Å². The average molecular weight is 496 g/mol. The highest BCUT2D eigenvalue weighted by Gasteiger charge is 2.33. The molecule has 0 saturated heterocycles. The number of benzene rings is 2. The number of hydrogen-bond acceptors (Lipinski definition) is 7. The lowest BCUT2D eigenvalue weighted by atomic mass is 9.82. The molecule has 10 nitrogen and oxygen atoms in total. The first-order chi connectivity index (χ1) is 16.7. The van der Waals surface area contributed by atoms with Gasteiger partial charge in [-0.05, 0) is 61.3 Å². The Morgan fingerprint density at radius 3 is 2.51 bits per heavy atom. The predicted molar refractivity (Wildman–Crippen MR) is 130 cm³/mol. The summed E-state index contributed by atoms with van der Waals surface area (Å²) in [4.78, 5) is 23.2. The average Bonchev–Trinajstić information content (AvgIpc) is 2.85. The molecule has 1 aliphatic carbocycles. The smallest absolute Gasteiger partial charge is 0.289 e. The quantitative estimate of drug-likeness (QED) is 0.376. The van der Waals surface area contributed by atoms with Crippen LogP contribution in [0.4, 0.5) is 5.69 Å². The topological polar surface area (TPSA) is 161 Å². The number of nitriles is 1. The Bertz CT molecular complexity index is 1470. The molecule has 3 N–H and O–H groups in total. The zero-order valence-corrected chi connectivity index (χ0v) is 19.6. The summed E-state index contributed by atoms with van der Waals surface area (Å²) in [6.07, 6.45) is 2.71. The molecule has 11 heteroatoms. The van der Waals surface area contributed by atoms with Crippen LogP contribution >= 0.6 is 0 Å². The highest BCUT2D eigenvalue weighted by atomic mass is 32.2. The van der Waals surface area contributed by atoms with Crippen LogP contribution in [0.15, 0.2) is 64.3 Å². The van der Waals surface area contributed by atoms with Crippen molar-refractivity contribution >= 4 is 26.6 Å². The molecule has 0 bridgehead atoms. The largest absolute Gasteiger partial charge is 0.328 e. The summed E-state index contributed by atoms with van der Waals surface area (Å²) in [6, 6.07) is 14.6. The highest BCUT2D eigenvalue weighted by Crippen LogP contribution is 2.30. The van der Waals surface area contributed by atoms with Gasteiger partial charge in [0.1, 0.15) is 0 Å². The number of nitrogens with one attached hydrogen (secondary N) is 1. The number of para-hydroxylation sites is 1. The third-order valence-electron chi connectivity index (χ3n) is 6.54. The number of rotatable bonds is 7. The number of sulfonamides is 1. The Morgan fingerprint density at radius 1 is 1.14 bits per heavy atom. The fourth-order valence-electron chi connectivity index (χ4n) is 4.67. The molecular weight excluding hydrogens is 470 g/mol. The van der Waals surface area contributed by atoms with Gasteiger partial charge in [0.15, 0.2) is 4.90 Å². The maximum Gasteiger partial charge on any atom is 0.289 e. The second kappa shape index (κ2) is 9.95. The number of pyridine rings is 1. The summed E-state index contributed by atoms with van der Waals surface area (Å²) in [5.74, 6) is -0.131. The summed E-state index contributed by atoms with van der Waals surface area (Å²) < 4.78 is 30.8. The van der Waals surface area contributed by atoms with Crippen LogP contribution in [0.3, 0.4) is 0 Å². The first-order valence-corrected chi connectivity index (χ1v) is 12.7. The SMILES string of the molecule is N#Cc1ccc2ccc(=O)n(CC(NS(=O)(=O)c3ccccc3[N+](=O)[O-])C3CCC(N)CC3)c2c1. The fraction of sp³-hybridized carbons (Fsp3) is 0.333. The van der Waals surface area contributed by atoms with Crippen LogP contribution in [0.1, 0.15) is 31.2 Å². The Hall–Kier alpha value is -3.59. The molecule has 3 aromatic rings. The van der Waals surface area contributed by atoms with Crippen molar-refractivity contribution in [1.29, 1.82) is 5.26 Å². The molecule has 0 aliphatic heterocycles. The van der Waals surface area contributed by atoms with E-state index >= 15 is 0 Å². The van der Waals surface area contributed by atoms with E-state index in [0.717, 1.165) is 11.5 Å². The number of aromatic nitrogens is 1. The summed E-state index contributed by atoms with van der Waals surface area (Å²) >= 11 is 0. The molecule has 0 amide bonds. The van der Waals surface area contributed by atoms with Crippen molar-refractivity contribution in [2.75, 3.05) is 0 Å². The maximum atomic E-state index is 13.3. The van der Waals surface area contributed by atoms with E-state index in [2.05, 4.69) is 10.8 Å². The van der Waals surface area contributed by atoms with Crippen LogP contribution < -0.4 is 16.0 Å². The van der Waals surface area contributed by atoms with Gasteiger partial charge in [0.2, 0.25) is 10.0 Å². The Labute approximate surface area is 202 Å². The van der Waals surface area contributed by atoms with Gasteiger partial charge in [0.05, 0.1) is 22.1 Å². The predicted octanol–water partition coefficient (Wildman–Crippen LogP) is 2.65. The maximum absolute atomic E-state index is 13.3. The molecule has 4 rings (SSSR count). The van der Waals surface area contributed by atoms with Gasteiger partial charge in [-0.25, -0.2) is 13.1 Å². The lowest BCUT2D eigenvalue weighted by Crippen LogP contribution is -2.46. The summed E-state index contributed by atoms with van der Waals surface area (Å²) in [5, 5.41) is 21.5. The van der Waals surface area contributed by atoms with Crippen LogP contribution in [-0.2, 0) is 16.6 Å². The van der Waals surface area contributed by atoms with E-state index in [1.165, 1.54) is 28.8 Å². The van der Waals surface area contributed by atoms with Gasteiger partial charge in [0.25, 0.3) is 11.2 Å². The van der Waals surface area contributed by atoms with Crippen LogP contribution in [0.25, 0.3) is 10.9 Å². The summed E-state index contributed by atoms with van der Waals surface area (Å²) in [6.45, 7) is 0.00478. The van der Waals surface area contributed by atoms with Crippen LogP contribution in [0.5, 0.6) is 0 Å². The first kappa shape index (κ1) is 24.5. The number of fused-ring (bicyclic) bond motifs is 1. The number of nitrogens with zero attached hydrogens (tertiary/aromatic N) is 3. The summed E-state index contributed by atoms with van der Waals surface area (Å²) in [7, 11) is -4.29. The minimum Gasteiger partial charge on any atom is -0.328 e. The van der Waals surface area contributed by atoms with Gasteiger partial charge in [-0.2, -0.15) is 5.26 Å². The van der Waals surface area contributed by atoms with Crippen LogP contribution in [-0.4, -0.2) is 30.0 Å². The molecule has 182 valence electrons. The van der Waals surface area contributed by atoms with Crippen LogP contribution in [0.2, 0.25) is 0 Å². The van der Waals surface area contributed by atoms with Crippen molar-refractivity contribution in [3.63, 3.8) is 0 Å². The van der Waals surface area contributed by atoms with E-state index in [0.29, 0.717) is 36.8 Å².